The van der Waals surface area contributed by atoms with Crippen LogP contribution in [0.25, 0.3) is 0 Å². The Morgan fingerprint density at radius 3 is 2.65 bits per heavy atom. The average molecular weight is 349 g/mol. The Morgan fingerprint density at radius 2 is 2.15 bits per heavy atom. The first-order chi connectivity index (χ1) is 9.31. The van der Waals surface area contributed by atoms with Crippen molar-refractivity contribution in [2.24, 2.45) is 5.10 Å². The number of hydrazone groups is 1. The molecule has 1 amide bonds. The van der Waals surface area contributed by atoms with E-state index < -0.39 is 5.60 Å². The lowest BCUT2D eigenvalue weighted by Crippen LogP contribution is -2.41. The number of hydrogen-bond donors (Lipinski definition) is 0. The third-order valence-corrected chi connectivity index (χ3v) is 2.96. The highest BCUT2D eigenvalue weighted by molar-refractivity contribution is 9.10. The Balaban J connectivity index is 2.53. The van der Waals surface area contributed by atoms with Crippen LogP contribution in [-0.2, 0) is 9.47 Å². The number of alkyl halides is 1. The molecule has 1 aliphatic rings. The van der Waals surface area contributed by atoms with Crippen LogP contribution in [-0.4, -0.2) is 71.9 Å². The quantitative estimate of drug-likeness (QED) is 0.542. The summed E-state index contributed by atoms with van der Waals surface area (Å²) in [6, 6.07) is 0. The van der Waals surface area contributed by atoms with Gasteiger partial charge in [-0.3, -0.25) is 4.90 Å². The van der Waals surface area contributed by atoms with Crippen molar-refractivity contribution in [3.8, 4) is 0 Å². The summed E-state index contributed by atoms with van der Waals surface area (Å²) in [5, 5.41) is 4.20. The van der Waals surface area contributed by atoms with Crippen LogP contribution in [0.5, 0.6) is 0 Å². The molecule has 0 saturated carbocycles. The van der Waals surface area contributed by atoms with E-state index in [1.807, 2.05) is 31.7 Å². The van der Waals surface area contributed by atoms with Crippen molar-refractivity contribution in [3.63, 3.8) is 0 Å². The fourth-order valence-electron chi connectivity index (χ4n) is 1.57. The SMILES string of the molecule is COCCN(CC[N+]1=CC(Br)C=N1)C(=O)OC(C)(C)C. The zero-order chi connectivity index (χ0) is 15.2. The van der Waals surface area contributed by atoms with Gasteiger partial charge in [0.15, 0.2) is 12.8 Å². The topological polar surface area (TPSA) is 54.1 Å². The van der Waals surface area contributed by atoms with Crippen molar-refractivity contribution >= 4 is 34.5 Å². The van der Waals surface area contributed by atoms with Gasteiger partial charge in [-0.25, -0.2) is 4.79 Å². The molecule has 0 spiro atoms. The summed E-state index contributed by atoms with van der Waals surface area (Å²) in [4.78, 5) is 13.9. The van der Waals surface area contributed by atoms with E-state index in [0.29, 0.717) is 26.2 Å². The second-order valence-corrected chi connectivity index (χ2v) is 6.54. The van der Waals surface area contributed by atoms with Crippen molar-refractivity contribution in [2.45, 2.75) is 31.2 Å². The largest absolute Gasteiger partial charge is 0.444 e. The summed E-state index contributed by atoms with van der Waals surface area (Å²) in [5.74, 6) is 0. The maximum Gasteiger partial charge on any atom is 0.410 e. The van der Waals surface area contributed by atoms with Crippen LogP contribution in [0.2, 0.25) is 0 Å². The van der Waals surface area contributed by atoms with E-state index in [-0.39, 0.29) is 10.9 Å². The van der Waals surface area contributed by atoms with Crippen molar-refractivity contribution in [1.82, 2.24) is 4.90 Å². The molecule has 0 aromatic rings. The summed E-state index contributed by atoms with van der Waals surface area (Å²) in [5.41, 5.74) is -0.499. The van der Waals surface area contributed by atoms with Crippen LogP contribution in [0, 0.1) is 0 Å². The molecule has 0 aromatic heterocycles. The number of amides is 1. The molecule has 0 bridgehead atoms. The highest BCUT2D eigenvalue weighted by Crippen LogP contribution is 2.10. The number of hydrogen-bond acceptors (Lipinski definition) is 4. The smallest absolute Gasteiger partial charge is 0.410 e. The Kier molecular flexibility index (Phi) is 6.61. The minimum atomic E-state index is -0.499. The van der Waals surface area contributed by atoms with E-state index >= 15 is 0 Å². The minimum Gasteiger partial charge on any atom is -0.444 e. The van der Waals surface area contributed by atoms with Crippen LogP contribution < -0.4 is 0 Å². The fourth-order valence-corrected chi connectivity index (χ4v) is 1.95. The van der Waals surface area contributed by atoms with E-state index in [1.165, 1.54) is 0 Å². The standard InChI is InChI=1S/C13H23BrN3O3/c1-13(2,3)20-12(18)16(7-8-19-4)5-6-17-10-11(14)9-15-17/h9-11H,5-8H2,1-4H3/q+1. The second-order valence-electron chi connectivity index (χ2n) is 5.48. The predicted octanol–water partition coefficient (Wildman–Crippen LogP) is 1.72. The molecule has 0 fully saturated rings. The Hall–Kier alpha value is -0.950. The number of carbonyl (C=O) groups is 1. The number of halogens is 1. The van der Waals surface area contributed by atoms with Gasteiger partial charge in [-0.1, -0.05) is 20.6 Å². The molecule has 7 heteroatoms. The maximum atomic E-state index is 12.1. The van der Waals surface area contributed by atoms with E-state index in [0.717, 1.165) is 0 Å². The first kappa shape index (κ1) is 17.1. The number of methoxy groups -OCH3 is 1. The fraction of sp³-hybridized carbons (Fsp3) is 0.769. The van der Waals surface area contributed by atoms with Crippen molar-refractivity contribution in [1.29, 1.82) is 0 Å². The Bertz CT molecular complexity index is 391. The molecule has 114 valence electrons. The Morgan fingerprint density at radius 1 is 1.45 bits per heavy atom. The summed E-state index contributed by atoms with van der Waals surface area (Å²) in [7, 11) is 1.61. The Labute approximate surface area is 128 Å². The van der Waals surface area contributed by atoms with Gasteiger partial charge in [-0.05, 0) is 25.9 Å². The van der Waals surface area contributed by atoms with Gasteiger partial charge in [-0.15, -0.1) is 0 Å². The van der Waals surface area contributed by atoms with Crippen LogP contribution in [0.15, 0.2) is 5.10 Å². The molecular formula is C13H23BrN3O3+. The minimum absolute atomic E-state index is 0.163. The zero-order valence-electron chi connectivity index (χ0n) is 12.5. The highest BCUT2D eigenvalue weighted by atomic mass is 79.9. The molecular weight excluding hydrogens is 326 g/mol. The lowest BCUT2D eigenvalue weighted by atomic mass is 10.2. The molecule has 20 heavy (non-hydrogen) atoms. The van der Waals surface area contributed by atoms with Crippen LogP contribution in [0.3, 0.4) is 0 Å². The third-order valence-electron chi connectivity index (χ3n) is 2.49. The van der Waals surface area contributed by atoms with Gasteiger partial charge >= 0.3 is 6.09 Å². The third kappa shape index (κ3) is 6.47. The van der Waals surface area contributed by atoms with Gasteiger partial charge in [-0.2, -0.15) is 0 Å². The maximum absolute atomic E-state index is 12.1. The lowest BCUT2D eigenvalue weighted by molar-refractivity contribution is -0.525. The molecule has 1 aliphatic heterocycles. The van der Waals surface area contributed by atoms with E-state index in [9.17, 15) is 4.79 Å². The van der Waals surface area contributed by atoms with Crippen molar-refractivity contribution < 1.29 is 19.0 Å². The van der Waals surface area contributed by atoms with Crippen LogP contribution in [0.4, 0.5) is 4.79 Å². The van der Waals surface area contributed by atoms with Gasteiger partial charge in [0.1, 0.15) is 10.4 Å². The normalized spacial score (nSPS) is 18.1. The van der Waals surface area contributed by atoms with Gasteiger partial charge in [0.2, 0.25) is 0 Å². The molecule has 1 rings (SSSR count). The summed E-state index contributed by atoms with van der Waals surface area (Å²) in [6.45, 7) is 7.70. The van der Waals surface area contributed by atoms with Crippen molar-refractivity contribution in [3.05, 3.63) is 0 Å². The molecule has 0 aliphatic carbocycles. The lowest BCUT2D eigenvalue weighted by Gasteiger charge is -2.26. The number of nitrogens with zero attached hydrogens (tertiary/aromatic N) is 3. The van der Waals surface area contributed by atoms with Crippen LogP contribution in [0.1, 0.15) is 20.8 Å². The molecule has 6 nitrogen and oxygen atoms in total. The first-order valence-corrected chi connectivity index (χ1v) is 7.50. The number of carbonyl (C=O) groups excluding carboxylic acids is 1. The predicted molar refractivity (Wildman–Crippen MR) is 82.1 cm³/mol. The summed E-state index contributed by atoms with van der Waals surface area (Å²) in [6.07, 6.45) is 3.42. The van der Waals surface area contributed by atoms with Gasteiger partial charge < -0.3 is 9.47 Å². The number of rotatable bonds is 6. The van der Waals surface area contributed by atoms with Gasteiger partial charge in [0, 0.05) is 13.7 Å². The van der Waals surface area contributed by atoms with Gasteiger partial charge in [0.05, 0.1) is 19.4 Å². The molecule has 0 saturated heterocycles. The molecule has 0 radical (unpaired) electrons. The monoisotopic (exact) mass is 348 g/mol. The second kappa shape index (κ2) is 7.73. The summed E-state index contributed by atoms with van der Waals surface area (Å²) < 4.78 is 12.2. The van der Waals surface area contributed by atoms with Gasteiger partial charge in [0.25, 0.3) is 0 Å². The zero-order valence-corrected chi connectivity index (χ0v) is 14.1. The average Bonchev–Trinajstić information content (AvgIpc) is 2.73. The molecule has 1 atom stereocenters. The van der Waals surface area contributed by atoms with Crippen LogP contribution >= 0.6 is 15.9 Å². The van der Waals surface area contributed by atoms with Crippen molar-refractivity contribution in [2.75, 3.05) is 33.4 Å². The molecule has 0 aromatic carbocycles. The summed E-state index contributed by atoms with van der Waals surface area (Å²) >= 11 is 3.42. The molecule has 0 N–H and O–H groups in total. The van der Waals surface area contributed by atoms with E-state index in [2.05, 4.69) is 21.0 Å². The first-order valence-electron chi connectivity index (χ1n) is 6.58. The number of ether oxygens (including phenoxy) is 2. The van der Waals surface area contributed by atoms with E-state index in [1.54, 1.807) is 18.2 Å². The molecule has 1 heterocycles. The van der Waals surface area contributed by atoms with E-state index in [4.69, 9.17) is 9.47 Å². The molecule has 1 unspecified atom stereocenters. The highest BCUT2D eigenvalue weighted by Gasteiger charge is 2.24.